The van der Waals surface area contributed by atoms with Crippen molar-refractivity contribution < 1.29 is 13.9 Å². The van der Waals surface area contributed by atoms with E-state index in [4.69, 9.17) is 9.15 Å². The van der Waals surface area contributed by atoms with Gasteiger partial charge in [-0.05, 0) is 42.0 Å². The zero-order valence-electron chi connectivity index (χ0n) is 12.7. The van der Waals surface area contributed by atoms with Crippen LogP contribution in [0.15, 0.2) is 63.3 Å². The molecule has 0 saturated heterocycles. The Morgan fingerprint density at radius 3 is 2.71 bits per heavy atom. The van der Waals surface area contributed by atoms with Crippen molar-refractivity contribution in [1.82, 2.24) is 15.2 Å². The zero-order chi connectivity index (χ0) is 16.8. The maximum absolute atomic E-state index is 12.0. The number of pyridine rings is 1. The molecule has 0 fully saturated rings. The van der Waals surface area contributed by atoms with Gasteiger partial charge in [0.15, 0.2) is 0 Å². The van der Waals surface area contributed by atoms with Gasteiger partial charge in [-0.25, -0.2) is 4.79 Å². The van der Waals surface area contributed by atoms with Gasteiger partial charge in [-0.2, -0.15) is 0 Å². The molecule has 0 aliphatic rings. The van der Waals surface area contributed by atoms with E-state index in [1.807, 2.05) is 12.1 Å². The van der Waals surface area contributed by atoms with Crippen molar-refractivity contribution in [1.29, 1.82) is 0 Å². The molecule has 0 radical (unpaired) electrons. The van der Waals surface area contributed by atoms with Crippen LogP contribution in [0.4, 0.5) is 0 Å². The number of carbonyl (C=O) groups excluding carboxylic acids is 1. The van der Waals surface area contributed by atoms with Crippen molar-refractivity contribution in [2.75, 3.05) is 6.61 Å². The van der Waals surface area contributed by atoms with Crippen LogP contribution < -0.4 is 0 Å². The van der Waals surface area contributed by atoms with Crippen molar-refractivity contribution in [2.24, 2.45) is 0 Å². The zero-order valence-corrected chi connectivity index (χ0v) is 14.3. The lowest BCUT2D eigenvalue weighted by atomic mass is 10.2. The molecule has 2 heterocycles. The van der Waals surface area contributed by atoms with E-state index in [-0.39, 0.29) is 5.97 Å². The summed E-state index contributed by atoms with van der Waals surface area (Å²) < 4.78 is 10.7. The van der Waals surface area contributed by atoms with Crippen LogP contribution in [0.1, 0.15) is 17.3 Å². The maximum atomic E-state index is 12.0. The lowest BCUT2D eigenvalue weighted by molar-refractivity contribution is 0.0522. The van der Waals surface area contributed by atoms with Crippen LogP contribution in [-0.4, -0.2) is 27.8 Å². The van der Waals surface area contributed by atoms with Crippen LogP contribution in [0.5, 0.6) is 0 Å². The Morgan fingerprint density at radius 1 is 1.12 bits per heavy atom. The fraction of sp³-hybridized carbons (Fsp3) is 0.125. The lowest BCUT2D eigenvalue weighted by Crippen LogP contribution is -2.05. The second-order valence-corrected chi connectivity index (χ2v) is 6.61. The Hall–Kier alpha value is -2.32. The highest BCUT2D eigenvalue weighted by molar-refractivity contribution is 8.76. The third kappa shape index (κ3) is 3.95. The first-order chi connectivity index (χ1) is 11.8. The molecule has 0 saturated carbocycles. The highest BCUT2D eigenvalue weighted by Gasteiger charge is 2.15. The summed E-state index contributed by atoms with van der Waals surface area (Å²) in [6, 6.07) is 10.8. The van der Waals surface area contributed by atoms with Gasteiger partial charge in [0, 0.05) is 33.6 Å². The van der Waals surface area contributed by atoms with E-state index in [1.54, 1.807) is 43.6 Å². The standard InChI is InChI=1S/C16H13N3O3S2/c1-2-21-15(20)12-5-3-4-6-13(12)23-24-16-19-18-14(22-16)11-7-9-17-10-8-11/h3-10H,2H2,1H3. The maximum Gasteiger partial charge on any atom is 0.339 e. The smallest absolute Gasteiger partial charge is 0.339 e. The minimum Gasteiger partial charge on any atom is -0.462 e. The number of esters is 1. The molecule has 0 spiro atoms. The Kier molecular flexibility index (Phi) is 5.50. The largest absolute Gasteiger partial charge is 0.462 e. The molecular weight excluding hydrogens is 346 g/mol. The number of benzene rings is 1. The van der Waals surface area contributed by atoms with Gasteiger partial charge in [-0.1, -0.05) is 17.2 Å². The number of carbonyl (C=O) groups is 1. The molecule has 24 heavy (non-hydrogen) atoms. The van der Waals surface area contributed by atoms with Crippen molar-refractivity contribution in [3.05, 3.63) is 54.4 Å². The first-order valence-corrected chi connectivity index (χ1v) is 9.27. The molecule has 6 nitrogen and oxygen atoms in total. The van der Waals surface area contributed by atoms with Gasteiger partial charge in [0.25, 0.3) is 5.22 Å². The van der Waals surface area contributed by atoms with Crippen LogP contribution in [0, 0.1) is 0 Å². The van der Waals surface area contributed by atoms with Crippen molar-refractivity contribution >= 4 is 27.6 Å². The van der Waals surface area contributed by atoms with Gasteiger partial charge < -0.3 is 9.15 Å². The van der Waals surface area contributed by atoms with E-state index in [1.165, 1.54) is 21.6 Å². The van der Waals surface area contributed by atoms with Crippen molar-refractivity contribution in [2.45, 2.75) is 17.0 Å². The van der Waals surface area contributed by atoms with Gasteiger partial charge in [-0.15, -0.1) is 5.10 Å². The summed E-state index contributed by atoms with van der Waals surface area (Å²) in [4.78, 5) is 16.7. The summed E-state index contributed by atoms with van der Waals surface area (Å²) in [7, 11) is 2.66. The summed E-state index contributed by atoms with van der Waals surface area (Å²) in [6.45, 7) is 2.12. The van der Waals surface area contributed by atoms with Gasteiger partial charge in [0.05, 0.1) is 12.2 Å². The molecule has 0 aliphatic heterocycles. The Balaban J connectivity index is 1.71. The quantitative estimate of drug-likeness (QED) is 0.481. The average molecular weight is 359 g/mol. The Bertz CT molecular complexity index is 824. The van der Waals surface area contributed by atoms with E-state index in [0.717, 1.165) is 10.5 Å². The molecule has 122 valence electrons. The summed E-state index contributed by atoms with van der Waals surface area (Å²) in [5.74, 6) is 0.0865. The molecule has 0 atom stereocenters. The Morgan fingerprint density at radius 2 is 1.92 bits per heavy atom. The fourth-order valence-corrected chi connectivity index (χ4v) is 3.70. The second-order valence-electron chi connectivity index (χ2n) is 4.49. The molecule has 0 bridgehead atoms. The van der Waals surface area contributed by atoms with Crippen LogP contribution in [0.3, 0.4) is 0 Å². The molecule has 1 aromatic carbocycles. The van der Waals surface area contributed by atoms with Crippen LogP contribution >= 0.6 is 21.6 Å². The SMILES string of the molecule is CCOC(=O)c1ccccc1SSc1nnc(-c2ccncc2)o1. The molecule has 3 rings (SSSR count). The van der Waals surface area contributed by atoms with Crippen LogP contribution in [0.2, 0.25) is 0 Å². The van der Waals surface area contributed by atoms with Gasteiger partial charge >= 0.3 is 5.97 Å². The Labute approximate surface area is 146 Å². The predicted molar refractivity (Wildman–Crippen MR) is 91.6 cm³/mol. The number of nitrogens with zero attached hydrogens (tertiary/aromatic N) is 3. The molecule has 0 unspecified atom stereocenters. The summed E-state index contributed by atoms with van der Waals surface area (Å²) in [6.07, 6.45) is 3.33. The van der Waals surface area contributed by atoms with Gasteiger partial charge in [0.1, 0.15) is 0 Å². The number of ether oxygens (including phenoxy) is 1. The third-order valence-electron chi connectivity index (χ3n) is 2.92. The van der Waals surface area contributed by atoms with E-state index in [0.29, 0.717) is 23.3 Å². The van der Waals surface area contributed by atoms with E-state index >= 15 is 0 Å². The van der Waals surface area contributed by atoms with E-state index in [2.05, 4.69) is 15.2 Å². The molecule has 3 aromatic rings. The van der Waals surface area contributed by atoms with Crippen LogP contribution in [-0.2, 0) is 4.74 Å². The number of hydrogen-bond donors (Lipinski definition) is 0. The summed E-state index contributed by atoms with van der Waals surface area (Å²) in [5, 5.41) is 8.43. The van der Waals surface area contributed by atoms with E-state index in [9.17, 15) is 4.79 Å². The molecule has 0 N–H and O–H groups in total. The normalized spacial score (nSPS) is 10.5. The van der Waals surface area contributed by atoms with Crippen LogP contribution in [0.25, 0.3) is 11.5 Å². The average Bonchev–Trinajstić information content (AvgIpc) is 3.10. The number of hydrogen-bond acceptors (Lipinski definition) is 8. The van der Waals surface area contributed by atoms with Gasteiger partial charge in [-0.3, -0.25) is 4.98 Å². The second kappa shape index (κ2) is 7.98. The fourth-order valence-electron chi connectivity index (χ4n) is 1.85. The molecule has 2 aromatic heterocycles. The minimum absolute atomic E-state index is 0.337. The molecule has 8 heteroatoms. The number of rotatable bonds is 6. The monoisotopic (exact) mass is 359 g/mol. The molecular formula is C16H13N3O3S2. The summed E-state index contributed by atoms with van der Waals surface area (Å²) >= 11 is 0. The first-order valence-electron chi connectivity index (χ1n) is 7.12. The van der Waals surface area contributed by atoms with Crippen molar-refractivity contribution in [3.8, 4) is 11.5 Å². The first kappa shape index (κ1) is 16.5. The molecule has 0 amide bonds. The summed E-state index contributed by atoms with van der Waals surface area (Å²) in [5.41, 5.74) is 1.33. The van der Waals surface area contributed by atoms with Crippen molar-refractivity contribution in [3.63, 3.8) is 0 Å². The molecule has 0 aliphatic carbocycles. The highest BCUT2D eigenvalue weighted by atomic mass is 33.1. The minimum atomic E-state index is -0.343. The predicted octanol–water partition coefficient (Wildman–Crippen LogP) is 4.11. The van der Waals surface area contributed by atoms with Gasteiger partial charge in [0.2, 0.25) is 5.89 Å². The highest BCUT2D eigenvalue weighted by Crippen LogP contribution is 2.39. The number of aromatic nitrogens is 3. The lowest BCUT2D eigenvalue weighted by Gasteiger charge is -2.06. The third-order valence-corrected chi connectivity index (χ3v) is 5.06. The van der Waals surface area contributed by atoms with E-state index < -0.39 is 0 Å². The topological polar surface area (TPSA) is 78.1 Å².